The fraction of sp³-hybridized carbons (Fsp3) is 0.500. The minimum absolute atomic E-state index is 0.293. The number of ether oxygens (including phenoxy) is 2. The summed E-state index contributed by atoms with van der Waals surface area (Å²) in [6, 6.07) is 6.34. The number of anilines is 1. The zero-order valence-electron chi connectivity index (χ0n) is 13.0. The molecule has 0 spiro atoms. The summed E-state index contributed by atoms with van der Waals surface area (Å²) in [7, 11) is 0. The number of rotatable bonds is 7. The van der Waals surface area contributed by atoms with Gasteiger partial charge >= 0.3 is 11.9 Å². The van der Waals surface area contributed by atoms with Gasteiger partial charge in [-0.3, -0.25) is 0 Å². The second kappa shape index (κ2) is 8.29. The van der Waals surface area contributed by atoms with Gasteiger partial charge < -0.3 is 14.8 Å². The molecule has 0 fully saturated rings. The van der Waals surface area contributed by atoms with Crippen LogP contribution in [0.3, 0.4) is 0 Å². The predicted octanol–water partition coefficient (Wildman–Crippen LogP) is 2.86. The zero-order chi connectivity index (χ0) is 15.8. The summed E-state index contributed by atoms with van der Waals surface area (Å²) < 4.78 is 10.1. The third-order valence-corrected chi connectivity index (χ3v) is 2.69. The molecule has 1 atom stereocenters. The number of esters is 2. The Balaban J connectivity index is 2.55. The fourth-order valence-electron chi connectivity index (χ4n) is 1.60. The molecule has 0 bridgehead atoms. The van der Waals surface area contributed by atoms with E-state index in [0.29, 0.717) is 24.7 Å². The Morgan fingerprint density at radius 2 is 1.71 bits per heavy atom. The van der Waals surface area contributed by atoms with Crippen molar-refractivity contribution in [3.63, 3.8) is 0 Å². The van der Waals surface area contributed by atoms with Crippen molar-refractivity contribution >= 4 is 17.6 Å². The maximum absolute atomic E-state index is 11.8. The number of nitrogens with one attached hydrogen (secondary N) is 1. The lowest BCUT2D eigenvalue weighted by molar-refractivity contribution is -0.145. The molecule has 1 unspecified atom stereocenters. The van der Waals surface area contributed by atoms with Crippen LogP contribution in [0.15, 0.2) is 24.3 Å². The summed E-state index contributed by atoms with van der Waals surface area (Å²) in [5.74, 6) is -0.336. The third kappa shape index (κ3) is 5.85. The van der Waals surface area contributed by atoms with Crippen molar-refractivity contribution in [2.45, 2.75) is 33.7 Å². The molecule has 0 aliphatic carbocycles. The maximum atomic E-state index is 11.8. The van der Waals surface area contributed by atoms with Crippen LogP contribution in [0.5, 0.6) is 0 Å². The van der Waals surface area contributed by atoms with Gasteiger partial charge in [0.2, 0.25) is 0 Å². The van der Waals surface area contributed by atoms with Crippen molar-refractivity contribution in [3.8, 4) is 0 Å². The van der Waals surface area contributed by atoms with E-state index >= 15 is 0 Å². The van der Waals surface area contributed by atoms with Crippen molar-refractivity contribution in [2.75, 3.05) is 18.5 Å². The summed E-state index contributed by atoms with van der Waals surface area (Å²) in [6.45, 7) is 8.23. The van der Waals surface area contributed by atoms with Crippen LogP contribution in [0.1, 0.15) is 38.1 Å². The minimum Gasteiger partial charge on any atom is -0.464 e. The summed E-state index contributed by atoms with van der Waals surface area (Å²) in [5.41, 5.74) is 1.23. The molecule has 0 saturated heterocycles. The number of carbonyl (C=O) groups is 2. The van der Waals surface area contributed by atoms with Crippen LogP contribution in [0.2, 0.25) is 0 Å². The average Bonchev–Trinajstić information content (AvgIpc) is 2.45. The Morgan fingerprint density at radius 3 is 2.24 bits per heavy atom. The van der Waals surface area contributed by atoms with Crippen LogP contribution in [-0.2, 0) is 14.3 Å². The Hall–Kier alpha value is -2.04. The Kier molecular flexibility index (Phi) is 6.72. The molecular formula is C16H23NO4. The SMILES string of the molecule is CCOC(=O)c1ccc(NC(C)C(=O)OCC(C)C)cc1. The van der Waals surface area contributed by atoms with Gasteiger partial charge in [0.1, 0.15) is 6.04 Å². The highest BCUT2D eigenvalue weighted by Gasteiger charge is 2.15. The first kappa shape index (κ1) is 17.0. The molecule has 21 heavy (non-hydrogen) atoms. The van der Waals surface area contributed by atoms with Crippen molar-refractivity contribution in [1.82, 2.24) is 0 Å². The Bertz CT molecular complexity index is 468. The van der Waals surface area contributed by atoms with Crippen molar-refractivity contribution in [1.29, 1.82) is 0 Å². The lowest BCUT2D eigenvalue weighted by atomic mass is 10.2. The molecule has 1 rings (SSSR count). The zero-order valence-corrected chi connectivity index (χ0v) is 13.0. The van der Waals surface area contributed by atoms with E-state index < -0.39 is 6.04 Å². The van der Waals surface area contributed by atoms with Crippen LogP contribution < -0.4 is 5.32 Å². The molecule has 1 N–H and O–H groups in total. The van der Waals surface area contributed by atoms with Gasteiger partial charge in [0, 0.05) is 5.69 Å². The normalized spacial score (nSPS) is 11.9. The molecule has 0 saturated carbocycles. The summed E-state index contributed by atoms with van der Waals surface area (Å²) in [5, 5.41) is 3.04. The largest absolute Gasteiger partial charge is 0.464 e. The van der Waals surface area contributed by atoms with Crippen LogP contribution in [0, 0.1) is 5.92 Å². The molecule has 1 aromatic rings. The number of carbonyl (C=O) groups excluding carboxylic acids is 2. The van der Waals surface area contributed by atoms with Gasteiger partial charge in [-0.1, -0.05) is 13.8 Å². The van der Waals surface area contributed by atoms with Crippen LogP contribution >= 0.6 is 0 Å². The molecule has 0 aromatic heterocycles. The highest BCUT2D eigenvalue weighted by atomic mass is 16.5. The lowest BCUT2D eigenvalue weighted by Gasteiger charge is -2.15. The lowest BCUT2D eigenvalue weighted by Crippen LogP contribution is -2.29. The van der Waals surface area contributed by atoms with E-state index in [1.54, 1.807) is 38.1 Å². The topological polar surface area (TPSA) is 64.6 Å². The highest BCUT2D eigenvalue weighted by molar-refractivity contribution is 5.90. The maximum Gasteiger partial charge on any atom is 0.338 e. The van der Waals surface area contributed by atoms with Gasteiger partial charge in [-0.25, -0.2) is 9.59 Å². The molecule has 0 amide bonds. The molecule has 1 aromatic carbocycles. The van der Waals surface area contributed by atoms with Gasteiger partial charge in [-0.15, -0.1) is 0 Å². The van der Waals surface area contributed by atoms with Gasteiger partial charge in [0.05, 0.1) is 18.8 Å². The highest BCUT2D eigenvalue weighted by Crippen LogP contribution is 2.12. The van der Waals surface area contributed by atoms with Gasteiger partial charge in [0.15, 0.2) is 0 Å². The Morgan fingerprint density at radius 1 is 1.10 bits per heavy atom. The predicted molar refractivity (Wildman–Crippen MR) is 81.3 cm³/mol. The van der Waals surface area contributed by atoms with E-state index in [2.05, 4.69) is 5.32 Å². The van der Waals surface area contributed by atoms with Crippen LogP contribution in [0.4, 0.5) is 5.69 Å². The monoisotopic (exact) mass is 293 g/mol. The molecular weight excluding hydrogens is 270 g/mol. The van der Waals surface area contributed by atoms with Crippen molar-refractivity contribution in [3.05, 3.63) is 29.8 Å². The van der Waals surface area contributed by atoms with Crippen LogP contribution in [-0.4, -0.2) is 31.2 Å². The minimum atomic E-state index is -0.447. The van der Waals surface area contributed by atoms with Gasteiger partial charge in [0.25, 0.3) is 0 Å². The van der Waals surface area contributed by atoms with E-state index in [9.17, 15) is 9.59 Å². The second-order valence-electron chi connectivity index (χ2n) is 5.19. The molecule has 5 heteroatoms. The second-order valence-corrected chi connectivity index (χ2v) is 5.19. The van der Waals surface area contributed by atoms with E-state index in [4.69, 9.17) is 9.47 Å². The molecule has 0 aliphatic heterocycles. The van der Waals surface area contributed by atoms with Crippen molar-refractivity contribution in [2.24, 2.45) is 5.92 Å². The summed E-state index contributed by atoms with van der Waals surface area (Å²) >= 11 is 0. The summed E-state index contributed by atoms with van der Waals surface area (Å²) in [6.07, 6.45) is 0. The standard InChI is InChI=1S/C16H23NO4/c1-5-20-16(19)13-6-8-14(9-7-13)17-12(4)15(18)21-10-11(2)3/h6-9,11-12,17H,5,10H2,1-4H3. The smallest absolute Gasteiger partial charge is 0.338 e. The first-order chi connectivity index (χ1) is 9.93. The molecule has 0 heterocycles. The number of benzene rings is 1. The molecule has 0 aliphatic rings. The quantitative estimate of drug-likeness (QED) is 0.783. The number of hydrogen-bond acceptors (Lipinski definition) is 5. The average molecular weight is 293 g/mol. The van der Waals surface area contributed by atoms with E-state index in [1.165, 1.54) is 0 Å². The van der Waals surface area contributed by atoms with E-state index in [1.807, 2.05) is 13.8 Å². The first-order valence-electron chi connectivity index (χ1n) is 7.14. The van der Waals surface area contributed by atoms with E-state index in [0.717, 1.165) is 5.69 Å². The van der Waals surface area contributed by atoms with Crippen molar-refractivity contribution < 1.29 is 19.1 Å². The number of hydrogen-bond donors (Lipinski definition) is 1. The van der Waals surface area contributed by atoms with Gasteiger partial charge in [-0.05, 0) is 44.0 Å². The first-order valence-corrected chi connectivity index (χ1v) is 7.14. The molecule has 5 nitrogen and oxygen atoms in total. The molecule has 116 valence electrons. The third-order valence-electron chi connectivity index (χ3n) is 2.69. The molecule has 0 radical (unpaired) electrons. The summed E-state index contributed by atoms with van der Waals surface area (Å²) in [4.78, 5) is 23.3. The van der Waals surface area contributed by atoms with E-state index in [-0.39, 0.29) is 11.9 Å². The van der Waals surface area contributed by atoms with Crippen LogP contribution in [0.25, 0.3) is 0 Å². The fourth-order valence-corrected chi connectivity index (χ4v) is 1.60. The Labute approximate surface area is 125 Å². The van der Waals surface area contributed by atoms with Gasteiger partial charge in [-0.2, -0.15) is 0 Å².